The summed E-state index contributed by atoms with van der Waals surface area (Å²) in [5.74, 6) is -29.4. The van der Waals surface area contributed by atoms with Crippen LogP contribution in [-0.2, 0) is 20.2 Å². The maximum atomic E-state index is 12.2. The molecule has 10 rings (SSSR count). The van der Waals surface area contributed by atoms with Gasteiger partial charge in [-0.2, -0.15) is 95.9 Å². The highest BCUT2D eigenvalue weighted by Gasteiger charge is 2.86. The summed E-state index contributed by atoms with van der Waals surface area (Å²) in [6.07, 6.45) is -14.3. The molecule has 0 fully saturated rings. The Bertz CT molecular complexity index is 4210. The van der Waals surface area contributed by atoms with Gasteiger partial charge in [-0.15, -0.1) is 0 Å². The van der Waals surface area contributed by atoms with E-state index in [1.165, 1.54) is 81.0 Å². The molecule has 0 spiro atoms. The maximum Gasteiger partial charge on any atom is 0.460 e. The zero-order valence-electron chi connectivity index (χ0n) is 50.0. The van der Waals surface area contributed by atoms with Crippen molar-refractivity contribution < 1.29 is 105 Å². The van der Waals surface area contributed by atoms with E-state index in [-0.39, 0.29) is 0 Å². The predicted molar refractivity (Wildman–Crippen MR) is 352 cm³/mol. The molecule has 0 aliphatic carbocycles. The van der Waals surface area contributed by atoms with E-state index in [0.29, 0.717) is 0 Å². The Hall–Kier alpha value is -7.14. The number of alkyl halides is 18. The van der Waals surface area contributed by atoms with Crippen LogP contribution in [0.5, 0.6) is 0 Å². The van der Waals surface area contributed by atoms with Crippen LogP contribution in [0.1, 0.15) is 0 Å². The summed E-state index contributed by atoms with van der Waals surface area (Å²) in [6.45, 7) is 0. The van der Waals surface area contributed by atoms with Crippen LogP contribution in [0.3, 0.4) is 0 Å². The highest BCUT2D eigenvalue weighted by atomic mass is 32.2. The summed E-state index contributed by atoms with van der Waals surface area (Å²) in [5, 5.41) is -14.0. The Balaban J connectivity index is 0.000000197. The molecule has 0 saturated heterocycles. The van der Waals surface area contributed by atoms with Crippen LogP contribution >= 0.6 is 70.6 Å². The number of hydrogen-bond acceptors (Lipinski definition) is 10. The zero-order valence-corrected chi connectivity index (χ0v) is 56.5. The molecular formula is C68H46F18O6S8. The largest absolute Gasteiger partial charge is 0.460 e. The van der Waals surface area contributed by atoms with Gasteiger partial charge in [0.05, 0.1) is 0 Å². The van der Waals surface area contributed by atoms with Gasteiger partial charge in [-0.1, -0.05) is 204 Å². The third-order valence-corrected chi connectivity index (χ3v) is 21.0. The highest BCUT2D eigenvalue weighted by molar-refractivity contribution is 8.00. The van der Waals surface area contributed by atoms with Gasteiger partial charge in [-0.3, -0.25) is 9.11 Å². The van der Waals surface area contributed by atoms with Crippen molar-refractivity contribution in [3.63, 3.8) is 0 Å². The van der Waals surface area contributed by atoms with Crippen LogP contribution < -0.4 is 0 Å². The molecule has 0 aliphatic heterocycles. The molecule has 100 heavy (non-hydrogen) atoms. The minimum atomic E-state index is -7.37. The van der Waals surface area contributed by atoms with Gasteiger partial charge in [0.1, 0.15) is 0 Å². The molecule has 0 saturated carbocycles. The Morgan fingerprint density at radius 2 is 0.400 bits per heavy atom. The molecule has 6 nitrogen and oxygen atoms in total. The Labute approximate surface area is 586 Å². The summed E-state index contributed by atoms with van der Waals surface area (Å²) < 4.78 is 268. The normalized spacial score (nSPS) is 12.6. The fraction of sp³-hybridized carbons (Fsp3) is 0.118. The first-order valence-corrected chi connectivity index (χ1v) is 35.7. The molecule has 528 valence electrons. The van der Waals surface area contributed by atoms with E-state index in [9.17, 15) is 95.9 Å². The average Bonchev–Trinajstić information content (AvgIpc) is 0.735. The maximum absolute atomic E-state index is 12.2. The average molecular weight is 1560 g/mol. The second kappa shape index (κ2) is 33.3. The monoisotopic (exact) mass is 1560 g/mol. The van der Waals surface area contributed by atoms with Crippen LogP contribution in [0.4, 0.5) is 79.0 Å². The van der Waals surface area contributed by atoms with Gasteiger partial charge in [-0.25, -0.2) is 0 Å². The van der Waals surface area contributed by atoms with Crippen LogP contribution in [0, 0.1) is 0 Å². The van der Waals surface area contributed by atoms with E-state index >= 15 is 0 Å². The van der Waals surface area contributed by atoms with E-state index in [0.717, 1.165) is 0 Å². The van der Waals surface area contributed by atoms with Gasteiger partial charge in [0, 0.05) is 58.7 Å². The molecule has 0 heterocycles. The smallest absolute Gasteiger partial charge is 0.281 e. The lowest BCUT2D eigenvalue weighted by molar-refractivity contribution is -0.382. The van der Waals surface area contributed by atoms with Gasteiger partial charge >= 0.3 is 66.8 Å². The third kappa shape index (κ3) is 20.1. The summed E-state index contributed by atoms with van der Waals surface area (Å²) in [7, 11) is -14.3. The van der Waals surface area contributed by atoms with Crippen molar-refractivity contribution in [2.75, 3.05) is 0 Å². The van der Waals surface area contributed by atoms with Crippen molar-refractivity contribution in [1.82, 2.24) is 0 Å². The van der Waals surface area contributed by atoms with Crippen LogP contribution in [0.15, 0.2) is 326 Å². The zero-order chi connectivity index (χ0) is 73.6. The van der Waals surface area contributed by atoms with Gasteiger partial charge in [-0.05, 0) is 156 Å². The quantitative estimate of drug-likeness (QED) is 0.0560. The lowest BCUT2D eigenvalue weighted by Crippen LogP contribution is -2.63. The van der Waals surface area contributed by atoms with Crippen molar-refractivity contribution in [2.45, 2.75) is 105 Å². The Morgan fingerprint density at radius 3 is 0.610 bits per heavy atom. The molecule has 0 aliphatic rings. The number of halogens is 18. The number of benzene rings is 10. The van der Waals surface area contributed by atoms with E-state index < -0.39 is 66.8 Å². The molecule has 0 amide bonds. The van der Waals surface area contributed by atoms with Gasteiger partial charge in [0.2, 0.25) is 0 Å². The van der Waals surface area contributed by atoms with Gasteiger partial charge in [0.15, 0.2) is 0 Å². The van der Waals surface area contributed by atoms with Crippen molar-refractivity contribution >= 4 is 90.8 Å². The molecule has 2 N–H and O–H groups in total. The molecule has 0 radical (unpaired) electrons. The second-order valence-corrected chi connectivity index (χ2v) is 29.9. The molecular weight excluding hydrogens is 1510 g/mol. The summed E-state index contributed by atoms with van der Waals surface area (Å²) in [4.78, 5) is 15.1. The standard InChI is InChI=1S/2C30H22S3.2C4HF9O3S/c2*1-3-9-24(10-4-1)31-26-17-15-23(16-18-26)29-13-7-8-14-30(29)33-28-21-19-27(20-22-28)32-25-11-5-2-6-12-25;2*5-1(6,3(9,10)11)2(7,8)4(12,13)17(14,15)16/h2*1-22H;2*(H,14,15,16). The Morgan fingerprint density at radius 1 is 0.220 bits per heavy atom. The molecule has 0 unspecified atom stereocenters. The molecule has 0 aromatic heterocycles. The lowest BCUT2D eigenvalue weighted by Gasteiger charge is -2.31. The minimum absolute atomic E-state index is 1.24. The third-order valence-electron chi connectivity index (χ3n) is 13.0. The van der Waals surface area contributed by atoms with Crippen LogP contribution in [0.2, 0.25) is 0 Å². The van der Waals surface area contributed by atoms with Crippen LogP contribution in [0.25, 0.3) is 22.3 Å². The Kier molecular flexibility index (Phi) is 26.7. The van der Waals surface area contributed by atoms with Crippen molar-refractivity contribution in [1.29, 1.82) is 0 Å². The first kappa shape index (κ1) is 80.2. The van der Waals surface area contributed by atoms with E-state index in [4.69, 9.17) is 9.11 Å². The summed E-state index contributed by atoms with van der Waals surface area (Å²) in [6, 6.07) is 94.8. The summed E-state index contributed by atoms with van der Waals surface area (Å²) >= 11 is 10.8. The fourth-order valence-electron chi connectivity index (χ4n) is 7.94. The number of rotatable bonds is 20. The predicted octanol–water partition coefficient (Wildman–Crippen LogP) is 24.2. The van der Waals surface area contributed by atoms with E-state index in [1.807, 2.05) is 23.5 Å². The number of hydrogen-bond donors (Lipinski definition) is 2. The first-order valence-electron chi connectivity index (χ1n) is 27.9. The van der Waals surface area contributed by atoms with Crippen molar-refractivity contribution in [3.05, 3.63) is 267 Å². The van der Waals surface area contributed by atoms with Crippen LogP contribution in [-0.4, -0.2) is 72.5 Å². The van der Waals surface area contributed by atoms with E-state index in [2.05, 4.69) is 267 Å². The highest BCUT2D eigenvalue weighted by Crippen LogP contribution is 2.56. The van der Waals surface area contributed by atoms with Gasteiger partial charge < -0.3 is 0 Å². The minimum Gasteiger partial charge on any atom is -0.281 e. The topological polar surface area (TPSA) is 109 Å². The van der Waals surface area contributed by atoms with Gasteiger partial charge in [0.25, 0.3) is 0 Å². The van der Waals surface area contributed by atoms with Crippen molar-refractivity contribution in [2.24, 2.45) is 0 Å². The van der Waals surface area contributed by atoms with Crippen molar-refractivity contribution in [3.8, 4) is 22.3 Å². The second-order valence-electron chi connectivity index (χ2n) is 20.1. The first-order chi connectivity index (χ1) is 46.7. The van der Waals surface area contributed by atoms with E-state index in [1.54, 1.807) is 47.0 Å². The molecule has 10 aromatic rings. The molecule has 0 bridgehead atoms. The lowest BCUT2D eigenvalue weighted by atomic mass is 10.1. The SMILES string of the molecule is O=S(=O)(O)C(F)(F)C(F)(F)C(F)(F)C(F)(F)F.O=S(=O)(O)C(F)(F)C(F)(F)C(F)(F)C(F)(F)F.c1ccc(Sc2ccc(Sc3ccccc3-c3ccc(Sc4ccccc4)cc3)cc2)cc1.c1ccc(Sc2ccc(Sc3ccccc3-c3ccc(Sc4ccccc4)cc3)cc2)cc1. The summed E-state index contributed by atoms with van der Waals surface area (Å²) in [5.41, 5.74) is 5.02. The molecule has 32 heteroatoms. The molecule has 0 atom stereocenters. The fourth-order valence-corrected chi connectivity index (χ4v) is 14.1. The molecule has 10 aromatic carbocycles.